The molecule has 0 aromatic heterocycles. The van der Waals surface area contributed by atoms with Crippen LogP contribution in [0.3, 0.4) is 0 Å². The van der Waals surface area contributed by atoms with Crippen LogP contribution in [0.4, 0.5) is 0 Å². The van der Waals surface area contributed by atoms with E-state index in [4.69, 9.17) is 4.74 Å². The largest absolute Gasteiger partial charge is 0.462 e. The third-order valence-electron chi connectivity index (χ3n) is 13.0. The summed E-state index contributed by atoms with van der Waals surface area (Å²) >= 11 is 0. The average Bonchev–Trinajstić information content (AvgIpc) is 3.06. The maximum Gasteiger partial charge on any atom is 0.302 e. The lowest BCUT2D eigenvalue weighted by molar-refractivity contribution is -0.170. The van der Waals surface area contributed by atoms with Gasteiger partial charge in [0.05, 0.1) is 0 Å². The van der Waals surface area contributed by atoms with Gasteiger partial charge in [-0.2, -0.15) is 0 Å². The Balaban J connectivity index is 1.64. The van der Waals surface area contributed by atoms with Gasteiger partial charge in [0.15, 0.2) is 0 Å². The van der Waals surface area contributed by atoms with Crippen LogP contribution in [-0.2, 0) is 9.53 Å². The van der Waals surface area contributed by atoms with Crippen molar-refractivity contribution in [2.75, 3.05) is 0 Å². The first-order valence-electron chi connectivity index (χ1n) is 15.2. The molecule has 0 spiro atoms. The van der Waals surface area contributed by atoms with E-state index < -0.39 is 0 Å². The van der Waals surface area contributed by atoms with Crippen molar-refractivity contribution in [1.82, 2.24) is 0 Å². The second-order valence-electron chi connectivity index (χ2n) is 15.2. The standard InChI is InChI=1S/C34H56O2/c1-21(2)24(5)22(3)20-23(4)26-14-18-34(11)28-12-13-29-31(7,8)30(36-25(6)35)16-17-32(29,9)27(28)15-19-33(26,34)10/h15,20-21,23-24,26,28-30H,12-14,16-19H2,1-11H3/b22-20+/t23-,24?,26?,28?,29?,30-,32+,33+,34-/m0/s1. The van der Waals surface area contributed by atoms with Gasteiger partial charge in [-0.05, 0) is 104 Å². The molecule has 0 saturated heterocycles. The van der Waals surface area contributed by atoms with Gasteiger partial charge >= 0.3 is 5.97 Å². The Hall–Kier alpha value is -1.05. The molecule has 0 amide bonds. The molecule has 204 valence electrons. The fourth-order valence-electron chi connectivity index (χ4n) is 10.2. The number of esters is 1. The summed E-state index contributed by atoms with van der Waals surface area (Å²) in [6.45, 7) is 26.2. The van der Waals surface area contributed by atoms with Gasteiger partial charge in [-0.25, -0.2) is 0 Å². The second kappa shape index (κ2) is 9.30. The number of hydrogen-bond donors (Lipinski definition) is 0. The number of carbonyl (C=O) groups excluding carboxylic acids is 1. The Kier molecular flexibility index (Phi) is 7.23. The van der Waals surface area contributed by atoms with Gasteiger partial charge in [-0.3, -0.25) is 4.79 Å². The minimum absolute atomic E-state index is 0.0221. The van der Waals surface area contributed by atoms with Crippen LogP contribution in [0.1, 0.15) is 121 Å². The molecular formula is C34H56O2. The van der Waals surface area contributed by atoms with Gasteiger partial charge in [-0.1, -0.05) is 85.6 Å². The Morgan fingerprint density at radius 2 is 1.61 bits per heavy atom. The number of allylic oxidation sites excluding steroid dienone is 4. The molecule has 0 radical (unpaired) electrons. The fraction of sp³-hybridized carbons (Fsp3) is 0.853. The van der Waals surface area contributed by atoms with Crippen molar-refractivity contribution in [3.05, 3.63) is 23.3 Å². The average molecular weight is 497 g/mol. The minimum atomic E-state index is -0.122. The minimum Gasteiger partial charge on any atom is -0.462 e. The number of hydrogen-bond acceptors (Lipinski definition) is 2. The topological polar surface area (TPSA) is 26.3 Å². The maximum absolute atomic E-state index is 11.9. The first-order chi connectivity index (χ1) is 16.6. The molecule has 0 aromatic rings. The van der Waals surface area contributed by atoms with Gasteiger partial charge in [-0.15, -0.1) is 0 Å². The zero-order valence-corrected chi connectivity index (χ0v) is 25.5. The second-order valence-corrected chi connectivity index (χ2v) is 15.2. The van der Waals surface area contributed by atoms with E-state index in [-0.39, 0.29) is 22.9 Å². The molecule has 0 heterocycles. The van der Waals surface area contributed by atoms with Crippen molar-refractivity contribution in [3.63, 3.8) is 0 Å². The summed E-state index contributed by atoms with van der Waals surface area (Å²) in [5.74, 6) is 3.92. The molecule has 9 atom stereocenters. The summed E-state index contributed by atoms with van der Waals surface area (Å²) in [5, 5.41) is 0. The maximum atomic E-state index is 11.9. The van der Waals surface area contributed by atoms with E-state index in [0.29, 0.717) is 40.4 Å². The third-order valence-corrected chi connectivity index (χ3v) is 13.0. The van der Waals surface area contributed by atoms with E-state index in [1.54, 1.807) is 18.1 Å². The zero-order valence-electron chi connectivity index (χ0n) is 25.5. The van der Waals surface area contributed by atoms with Crippen LogP contribution in [0, 0.1) is 57.2 Å². The van der Waals surface area contributed by atoms with Crippen LogP contribution in [0.25, 0.3) is 0 Å². The molecule has 4 rings (SSSR count). The van der Waals surface area contributed by atoms with Crippen molar-refractivity contribution >= 4 is 5.97 Å². The van der Waals surface area contributed by atoms with Crippen LogP contribution < -0.4 is 0 Å². The van der Waals surface area contributed by atoms with Crippen LogP contribution >= 0.6 is 0 Å². The van der Waals surface area contributed by atoms with Gasteiger partial charge < -0.3 is 4.74 Å². The van der Waals surface area contributed by atoms with E-state index in [0.717, 1.165) is 18.8 Å². The fourth-order valence-corrected chi connectivity index (χ4v) is 10.2. The van der Waals surface area contributed by atoms with Gasteiger partial charge in [0.1, 0.15) is 6.10 Å². The highest BCUT2D eigenvalue weighted by Gasteiger charge is 2.65. The number of fused-ring (bicyclic) bond motifs is 5. The Bertz CT molecular complexity index is 923. The summed E-state index contributed by atoms with van der Waals surface area (Å²) in [6.07, 6.45) is 14.1. The lowest BCUT2D eigenvalue weighted by Crippen LogP contribution is -2.58. The molecule has 4 unspecified atom stereocenters. The van der Waals surface area contributed by atoms with Crippen LogP contribution in [-0.4, -0.2) is 12.1 Å². The Labute approximate surface area is 223 Å². The normalized spacial score (nSPS) is 43.7. The van der Waals surface area contributed by atoms with Crippen molar-refractivity contribution < 1.29 is 9.53 Å². The molecule has 2 heteroatoms. The Morgan fingerprint density at radius 3 is 2.22 bits per heavy atom. The first-order valence-corrected chi connectivity index (χ1v) is 15.2. The summed E-state index contributed by atoms with van der Waals surface area (Å²) in [6, 6.07) is 0. The van der Waals surface area contributed by atoms with Gasteiger partial charge in [0, 0.05) is 12.3 Å². The molecule has 2 nitrogen and oxygen atoms in total. The lowest BCUT2D eigenvalue weighted by atomic mass is 9.41. The molecular weight excluding hydrogens is 440 g/mol. The molecule has 3 saturated carbocycles. The summed E-state index contributed by atoms with van der Waals surface area (Å²) in [4.78, 5) is 11.9. The quantitative estimate of drug-likeness (QED) is 0.280. The first kappa shape index (κ1) is 28.0. The summed E-state index contributed by atoms with van der Waals surface area (Å²) in [5.41, 5.74) is 4.37. The van der Waals surface area contributed by atoms with Crippen LogP contribution in [0.15, 0.2) is 23.3 Å². The summed E-state index contributed by atoms with van der Waals surface area (Å²) < 4.78 is 5.88. The van der Waals surface area contributed by atoms with Crippen molar-refractivity contribution in [1.29, 1.82) is 0 Å². The smallest absolute Gasteiger partial charge is 0.302 e. The highest BCUT2D eigenvalue weighted by Crippen LogP contribution is 2.73. The van der Waals surface area contributed by atoms with E-state index in [1.807, 2.05) is 0 Å². The monoisotopic (exact) mass is 496 g/mol. The molecule has 0 N–H and O–H groups in total. The molecule has 0 aliphatic heterocycles. The molecule has 3 fully saturated rings. The van der Waals surface area contributed by atoms with E-state index >= 15 is 0 Å². The lowest BCUT2D eigenvalue weighted by Gasteiger charge is -2.64. The number of carbonyl (C=O) groups is 1. The number of rotatable bonds is 5. The SMILES string of the molecule is CC(=O)O[C@H]1CC[C@]2(C)C3=CC[C@]4(C)C([C@@H](C)/C=C(\C)C(C)C(C)C)CC[C@@]4(C)C3CCC2C1(C)C. The van der Waals surface area contributed by atoms with Gasteiger partial charge in [0.2, 0.25) is 0 Å². The molecule has 0 bridgehead atoms. The van der Waals surface area contributed by atoms with Crippen LogP contribution in [0.2, 0.25) is 0 Å². The van der Waals surface area contributed by atoms with Crippen molar-refractivity contribution in [3.8, 4) is 0 Å². The highest BCUT2D eigenvalue weighted by atomic mass is 16.5. The molecule has 0 aromatic carbocycles. The van der Waals surface area contributed by atoms with Gasteiger partial charge in [0.25, 0.3) is 0 Å². The van der Waals surface area contributed by atoms with Crippen molar-refractivity contribution in [2.45, 2.75) is 127 Å². The van der Waals surface area contributed by atoms with E-state index in [1.165, 1.54) is 32.1 Å². The highest BCUT2D eigenvalue weighted by molar-refractivity contribution is 5.66. The summed E-state index contributed by atoms with van der Waals surface area (Å²) in [7, 11) is 0. The van der Waals surface area contributed by atoms with Crippen LogP contribution in [0.5, 0.6) is 0 Å². The van der Waals surface area contributed by atoms with Crippen molar-refractivity contribution in [2.24, 2.45) is 57.2 Å². The third kappa shape index (κ3) is 4.07. The number of ether oxygens (including phenoxy) is 1. The zero-order chi connectivity index (χ0) is 26.8. The van der Waals surface area contributed by atoms with E-state index in [2.05, 4.69) is 81.4 Å². The predicted octanol–water partition coefficient (Wildman–Crippen LogP) is 9.40. The molecule has 4 aliphatic carbocycles. The predicted molar refractivity (Wildman–Crippen MR) is 151 cm³/mol. The van der Waals surface area contributed by atoms with E-state index in [9.17, 15) is 4.79 Å². The molecule has 36 heavy (non-hydrogen) atoms. The Morgan fingerprint density at radius 1 is 0.944 bits per heavy atom. The molecule has 4 aliphatic rings.